The summed E-state index contributed by atoms with van der Waals surface area (Å²) in [4.78, 5) is 17.8. The summed E-state index contributed by atoms with van der Waals surface area (Å²) in [5, 5.41) is 22.6. The number of carbonyl (C=O) groups is 1. The van der Waals surface area contributed by atoms with Gasteiger partial charge < -0.3 is 10.6 Å². The number of anilines is 1. The third-order valence-corrected chi connectivity index (χ3v) is 6.06. The van der Waals surface area contributed by atoms with Crippen molar-refractivity contribution in [3.63, 3.8) is 0 Å². The van der Waals surface area contributed by atoms with E-state index in [1.165, 1.54) is 0 Å². The van der Waals surface area contributed by atoms with Gasteiger partial charge in [-0.1, -0.05) is 49.4 Å². The zero-order valence-corrected chi connectivity index (χ0v) is 20.0. The van der Waals surface area contributed by atoms with E-state index in [4.69, 9.17) is 5.26 Å². The van der Waals surface area contributed by atoms with E-state index in [1.807, 2.05) is 74.5 Å². The molecule has 7 nitrogen and oxygen atoms in total. The lowest BCUT2D eigenvalue weighted by molar-refractivity contribution is -0.118. The number of rotatable bonds is 8. The molecule has 0 aliphatic heterocycles. The first kappa shape index (κ1) is 23.9. The van der Waals surface area contributed by atoms with Crippen LogP contribution >= 0.6 is 0 Å². The number of hydrogen-bond donors (Lipinski definition) is 3. The molecule has 0 aliphatic rings. The average molecular weight is 465 g/mol. The number of amides is 1. The molecule has 0 fully saturated rings. The molecule has 0 saturated carbocycles. The van der Waals surface area contributed by atoms with Crippen molar-refractivity contribution in [2.75, 3.05) is 11.9 Å². The molecule has 4 rings (SSSR count). The van der Waals surface area contributed by atoms with Crippen molar-refractivity contribution < 1.29 is 4.79 Å². The summed E-state index contributed by atoms with van der Waals surface area (Å²) in [6, 6.07) is 22.5. The topological polar surface area (TPSA) is 106 Å². The Morgan fingerprint density at radius 3 is 2.37 bits per heavy atom. The van der Waals surface area contributed by atoms with Gasteiger partial charge in [0.05, 0.1) is 17.3 Å². The van der Waals surface area contributed by atoms with Crippen molar-refractivity contribution in [1.82, 2.24) is 20.5 Å². The molecular weight excluding hydrogens is 436 g/mol. The van der Waals surface area contributed by atoms with Gasteiger partial charge in [0.25, 0.3) is 0 Å². The molecular formula is C28H28N6O. The smallest absolute Gasteiger partial charge is 0.247 e. The molecule has 2 aromatic heterocycles. The number of aromatic nitrogens is 3. The number of benzene rings is 2. The van der Waals surface area contributed by atoms with Crippen molar-refractivity contribution in [3.8, 4) is 17.2 Å². The Labute approximate surface area is 205 Å². The van der Waals surface area contributed by atoms with Gasteiger partial charge in [-0.2, -0.15) is 10.4 Å². The molecule has 0 aliphatic carbocycles. The van der Waals surface area contributed by atoms with Crippen LogP contribution in [0.1, 0.15) is 47.0 Å². The quantitative estimate of drug-likeness (QED) is 0.339. The van der Waals surface area contributed by atoms with Crippen LogP contribution in [-0.2, 0) is 4.79 Å². The van der Waals surface area contributed by atoms with E-state index in [9.17, 15) is 4.79 Å². The highest BCUT2D eigenvalue weighted by molar-refractivity contribution is 5.95. The number of aryl methyl sites for hydroxylation is 2. The minimum Gasteiger partial charge on any atom is -0.309 e. The third-order valence-electron chi connectivity index (χ3n) is 6.06. The van der Waals surface area contributed by atoms with E-state index in [0.29, 0.717) is 17.9 Å². The van der Waals surface area contributed by atoms with Gasteiger partial charge >= 0.3 is 0 Å². The van der Waals surface area contributed by atoms with Gasteiger partial charge in [0.15, 0.2) is 0 Å². The second kappa shape index (κ2) is 10.8. The molecule has 4 aromatic rings. The van der Waals surface area contributed by atoms with E-state index < -0.39 is 6.04 Å². The predicted molar refractivity (Wildman–Crippen MR) is 137 cm³/mol. The van der Waals surface area contributed by atoms with Crippen LogP contribution < -0.4 is 10.6 Å². The van der Waals surface area contributed by atoms with Crippen molar-refractivity contribution in [2.24, 2.45) is 0 Å². The SMILES string of the molecule is Cc1n[nH]c(C)c1-c1ccc(NC(=O)[C@@H](NC[C@@H](C)c2ccc(C#N)cc2)c2ccccc2)nc1. The van der Waals surface area contributed by atoms with Gasteiger partial charge in [0.1, 0.15) is 11.9 Å². The molecule has 3 N–H and O–H groups in total. The van der Waals surface area contributed by atoms with Gasteiger partial charge in [-0.05, 0) is 55.2 Å². The minimum absolute atomic E-state index is 0.153. The second-order valence-corrected chi connectivity index (χ2v) is 8.62. The Morgan fingerprint density at radius 2 is 1.77 bits per heavy atom. The largest absolute Gasteiger partial charge is 0.309 e. The summed E-state index contributed by atoms with van der Waals surface area (Å²) < 4.78 is 0. The Bertz CT molecular complexity index is 1300. The van der Waals surface area contributed by atoms with E-state index in [1.54, 1.807) is 12.3 Å². The van der Waals surface area contributed by atoms with Gasteiger partial charge in [0.2, 0.25) is 5.91 Å². The fraction of sp³-hybridized carbons (Fsp3) is 0.214. The summed E-state index contributed by atoms with van der Waals surface area (Å²) in [6.07, 6.45) is 1.75. The molecule has 2 atom stereocenters. The maximum atomic E-state index is 13.3. The first-order valence-electron chi connectivity index (χ1n) is 11.5. The van der Waals surface area contributed by atoms with Crippen LogP contribution in [0, 0.1) is 25.2 Å². The maximum absolute atomic E-state index is 13.3. The highest BCUT2D eigenvalue weighted by Gasteiger charge is 2.22. The number of carbonyl (C=O) groups excluding carboxylic acids is 1. The number of pyridine rings is 1. The Morgan fingerprint density at radius 1 is 1.03 bits per heavy atom. The molecule has 1 amide bonds. The summed E-state index contributed by atoms with van der Waals surface area (Å²) in [6.45, 7) is 6.60. The van der Waals surface area contributed by atoms with Gasteiger partial charge in [-0.25, -0.2) is 4.98 Å². The Balaban J connectivity index is 1.47. The van der Waals surface area contributed by atoms with Crippen molar-refractivity contribution >= 4 is 11.7 Å². The van der Waals surface area contributed by atoms with Crippen LogP contribution in [0.15, 0.2) is 72.9 Å². The summed E-state index contributed by atoms with van der Waals surface area (Å²) in [5.74, 6) is 0.458. The number of nitrogens with zero attached hydrogens (tertiary/aromatic N) is 3. The van der Waals surface area contributed by atoms with Crippen molar-refractivity contribution in [3.05, 3.63) is 101 Å². The minimum atomic E-state index is -0.545. The standard InChI is InChI=1S/C28H28N6O/c1-18(22-11-9-21(15-29)10-12-22)16-31-27(23-7-5-4-6-8-23)28(35)32-25-14-13-24(17-30-25)26-19(2)33-34-20(26)3/h4-14,17-18,27,31H,16H2,1-3H3,(H,33,34)(H,30,32,35)/t18-,27+/m1/s1. The zero-order valence-electron chi connectivity index (χ0n) is 20.0. The number of aromatic amines is 1. The lowest BCUT2D eigenvalue weighted by Crippen LogP contribution is -2.35. The van der Waals surface area contributed by atoms with Crippen LogP contribution in [0.5, 0.6) is 0 Å². The second-order valence-electron chi connectivity index (χ2n) is 8.62. The number of H-pyrrole nitrogens is 1. The molecule has 2 heterocycles. The Kier molecular flexibility index (Phi) is 7.34. The summed E-state index contributed by atoms with van der Waals surface area (Å²) in [7, 11) is 0. The fourth-order valence-corrected chi connectivity index (χ4v) is 4.10. The number of nitriles is 1. The molecule has 0 bridgehead atoms. The zero-order chi connectivity index (χ0) is 24.8. The summed E-state index contributed by atoms with van der Waals surface area (Å²) in [5.41, 5.74) is 6.46. The molecule has 0 radical (unpaired) electrons. The van der Waals surface area contributed by atoms with Crippen LogP contribution in [0.25, 0.3) is 11.1 Å². The molecule has 0 unspecified atom stereocenters. The first-order valence-corrected chi connectivity index (χ1v) is 11.5. The number of hydrogen-bond acceptors (Lipinski definition) is 5. The Hall–Kier alpha value is -4.28. The van der Waals surface area contributed by atoms with Crippen LogP contribution in [0.2, 0.25) is 0 Å². The molecule has 0 spiro atoms. The monoisotopic (exact) mass is 464 g/mol. The molecule has 0 saturated heterocycles. The van der Waals surface area contributed by atoms with E-state index in [-0.39, 0.29) is 11.8 Å². The fourth-order valence-electron chi connectivity index (χ4n) is 4.10. The molecule has 7 heteroatoms. The summed E-state index contributed by atoms with van der Waals surface area (Å²) >= 11 is 0. The lowest BCUT2D eigenvalue weighted by Gasteiger charge is -2.21. The highest BCUT2D eigenvalue weighted by Crippen LogP contribution is 2.25. The normalized spacial score (nSPS) is 12.5. The molecule has 2 aromatic carbocycles. The van der Waals surface area contributed by atoms with Gasteiger partial charge in [-0.15, -0.1) is 0 Å². The van der Waals surface area contributed by atoms with Crippen molar-refractivity contribution in [1.29, 1.82) is 5.26 Å². The maximum Gasteiger partial charge on any atom is 0.247 e. The third kappa shape index (κ3) is 5.62. The van der Waals surface area contributed by atoms with Gasteiger partial charge in [0, 0.05) is 29.6 Å². The molecule has 176 valence electrons. The molecule has 35 heavy (non-hydrogen) atoms. The van der Waals surface area contributed by atoms with E-state index >= 15 is 0 Å². The number of nitrogens with one attached hydrogen (secondary N) is 3. The lowest BCUT2D eigenvalue weighted by atomic mass is 9.98. The van der Waals surface area contributed by atoms with Crippen LogP contribution in [0.3, 0.4) is 0 Å². The van der Waals surface area contributed by atoms with Gasteiger partial charge in [-0.3, -0.25) is 9.89 Å². The van der Waals surface area contributed by atoms with E-state index in [0.717, 1.165) is 33.6 Å². The van der Waals surface area contributed by atoms with E-state index in [2.05, 4.69) is 38.8 Å². The van der Waals surface area contributed by atoms with Crippen LogP contribution in [-0.4, -0.2) is 27.6 Å². The first-order chi connectivity index (χ1) is 17.0. The highest BCUT2D eigenvalue weighted by atomic mass is 16.2. The predicted octanol–water partition coefficient (Wildman–Crippen LogP) is 5.03. The average Bonchev–Trinajstić information content (AvgIpc) is 3.23. The van der Waals surface area contributed by atoms with Crippen LogP contribution in [0.4, 0.5) is 5.82 Å². The van der Waals surface area contributed by atoms with Crippen molar-refractivity contribution in [2.45, 2.75) is 32.7 Å².